The molecule has 0 aromatic heterocycles. The first-order chi connectivity index (χ1) is 12.4. The SMILES string of the molecule is CCOc1c(Cl)cc(CN2CCCC(N(C)CC(=O)O)CC2)cc1OC. The van der Waals surface area contributed by atoms with Crippen LogP contribution >= 0.6 is 11.6 Å². The first-order valence-corrected chi connectivity index (χ1v) is 9.46. The second-order valence-electron chi connectivity index (χ2n) is 6.71. The number of carboxylic acids is 1. The van der Waals surface area contributed by atoms with Crippen LogP contribution in [0.2, 0.25) is 5.02 Å². The topological polar surface area (TPSA) is 62.2 Å². The van der Waals surface area contributed by atoms with Crippen LogP contribution in [0.1, 0.15) is 31.7 Å². The van der Waals surface area contributed by atoms with Crippen molar-refractivity contribution >= 4 is 17.6 Å². The monoisotopic (exact) mass is 384 g/mol. The van der Waals surface area contributed by atoms with Gasteiger partial charge in [-0.3, -0.25) is 14.6 Å². The molecule has 0 amide bonds. The quantitative estimate of drug-likeness (QED) is 0.743. The summed E-state index contributed by atoms with van der Waals surface area (Å²) in [5, 5.41) is 9.55. The van der Waals surface area contributed by atoms with E-state index in [9.17, 15) is 4.79 Å². The molecule has 1 fully saturated rings. The number of aliphatic carboxylic acids is 1. The Kier molecular flexibility index (Phi) is 8.00. The molecule has 1 aromatic carbocycles. The molecule has 1 heterocycles. The lowest BCUT2D eigenvalue weighted by atomic mass is 10.1. The second-order valence-corrected chi connectivity index (χ2v) is 7.12. The van der Waals surface area contributed by atoms with Gasteiger partial charge in [0, 0.05) is 12.6 Å². The van der Waals surface area contributed by atoms with Crippen molar-refractivity contribution in [3.63, 3.8) is 0 Å². The Balaban J connectivity index is 2.00. The average Bonchev–Trinajstić information content (AvgIpc) is 2.82. The van der Waals surface area contributed by atoms with E-state index in [4.69, 9.17) is 26.2 Å². The molecule has 1 aromatic rings. The Labute approximate surface area is 160 Å². The van der Waals surface area contributed by atoms with E-state index in [1.807, 2.05) is 31.0 Å². The lowest BCUT2D eigenvalue weighted by Gasteiger charge is -2.25. The molecule has 0 aliphatic carbocycles. The second kappa shape index (κ2) is 10.00. The van der Waals surface area contributed by atoms with E-state index in [1.54, 1.807) is 7.11 Å². The van der Waals surface area contributed by atoms with E-state index < -0.39 is 5.97 Å². The van der Waals surface area contributed by atoms with Crippen molar-refractivity contribution in [2.75, 3.05) is 40.4 Å². The highest BCUT2D eigenvalue weighted by Crippen LogP contribution is 2.36. The molecule has 0 spiro atoms. The van der Waals surface area contributed by atoms with Gasteiger partial charge in [0.05, 0.1) is 25.3 Å². The summed E-state index contributed by atoms with van der Waals surface area (Å²) in [5.41, 5.74) is 1.09. The Morgan fingerprint density at radius 1 is 1.38 bits per heavy atom. The van der Waals surface area contributed by atoms with Gasteiger partial charge in [-0.25, -0.2) is 0 Å². The molecule has 146 valence electrons. The van der Waals surface area contributed by atoms with E-state index in [0.717, 1.165) is 44.5 Å². The Morgan fingerprint density at radius 2 is 2.15 bits per heavy atom. The minimum atomic E-state index is -0.773. The number of ether oxygens (including phenoxy) is 2. The number of nitrogens with zero attached hydrogens (tertiary/aromatic N) is 2. The van der Waals surface area contributed by atoms with E-state index in [-0.39, 0.29) is 6.54 Å². The molecular weight excluding hydrogens is 356 g/mol. The lowest BCUT2D eigenvalue weighted by molar-refractivity contribution is -0.138. The predicted octanol–water partition coefficient (Wildman–Crippen LogP) is 3.12. The maximum absolute atomic E-state index is 10.9. The van der Waals surface area contributed by atoms with E-state index in [1.165, 1.54) is 0 Å². The minimum Gasteiger partial charge on any atom is -0.493 e. The third kappa shape index (κ3) is 5.76. The van der Waals surface area contributed by atoms with Crippen LogP contribution in [0.25, 0.3) is 0 Å². The van der Waals surface area contributed by atoms with Crippen molar-refractivity contribution in [3.05, 3.63) is 22.7 Å². The van der Waals surface area contributed by atoms with Gasteiger partial charge in [0.2, 0.25) is 0 Å². The van der Waals surface area contributed by atoms with Crippen LogP contribution in [0.5, 0.6) is 11.5 Å². The van der Waals surface area contributed by atoms with Crippen LogP contribution in [0.4, 0.5) is 0 Å². The summed E-state index contributed by atoms with van der Waals surface area (Å²) in [7, 11) is 3.51. The highest BCUT2D eigenvalue weighted by molar-refractivity contribution is 6.32. The average molecular weight is 385 g/mol. The van der Waals surface area contributed by atoms with Crippen LogP contribution in [-0.2, 0) is 11.3 Å². The molecular formula is C19H29ClN2O4. The molecule has 1 atom stereocenters. The Hall–Kier alpha value is -1.50. The van der Waals surface area contributed by atoms with Crippen molar-refractivity contribution in [1.82, 2.24) is 9.80 Å². The molecule has 0 radical (unpaired) electrons. The summed E-state index contributed by atoms with van der Waals surface area (Å²) in [6.45, 7) is 5.26. The summed E-state index contributed by atoms with van der Waals surface area (Å²) in [4.78, 5) is 15.3. The number of hydrogen-bond acceptors (Lipinski definition) is 5. The summed E-state index contributed by atoms with van der Waals surface area (Å²) in [6.07, 6.45) is 3.04. The third-order valence-corrected chi connectivity index (χ3v) is 5.06. The zero-order valence-corrected chi connectivity index (χ0v) is 16.6. The molecule has 7 heteroatoms. The molecule has 2 rings (SSSR count). The number of likely N-dealkylation sites (tertiary alicyclic amines) is 1. The number of methoxy groups -OCH3 is 1. The predicted molar refractivity (Wildman–Crippen MR) is 102 cm³/mol. The summed E-state index contributed by atoms with van der Waals surface area (Å²) < 4.78 is 11.0. The first-order valence-electron chi connectivity index (χ1n) is 9.08. The highest BCUT2D eigenvalue weighted by atomic mass is 35.5. The number of carbonyl (C=O) groups is 1. The van der Waals surface area contributed by atoms with Crippen LogP contribution in [0.15, 0.2) is 12.1 Å². The zero-order chi connectivity index (χ0) is 19.1. The van der Waals surface area contributed by atoms with Crippen LogP contribution < -0.4 is 9.47 Å². The molecule has 6 nitrogen and oxygen atoms in total. The van der Waals surface area contributed by atoms with Gasteiger partial charge in [-0.2, -0.15) is 0 Å². The van der Waals surface area contributed by atoms with Gasteiger partial charge in [0.1, 0.15) is 0 Å². The lowest BCUT2D eigenvalue weighted by Crippen LogP contribution is -2.36. The number of benzene rings is 1. The van der Waals surface area contributed by atoms with Gasteiger partial charge in [0.15, 0.2) is 11.5 Å². The smallest absolute Gasteiger partial charge is 0.317 e. The van der Waals surface area contributed by atoms with Gasteiger partial charge in [-0.1, -0.05) is 11.6 Å². The van der Waals surface area contributed by atoms with E-state index >= 15 is 0 Å². The zero-order valence-electron chi connectivity index (χ0n) is 15.8. The third-order valence-electron chi connectivity index (χ3n) is 4.78. The van der Waals surface area contributed by atoms with Crippen LogP contribution in [0, 0.1) is 0 Å². The van der Waals surface area contributed by atoms with Crippen molar-refractivity contribution in [1.29, 1.82) is 0 Å². The fourth-order valence-electron chi connectivity index (χ4n) is 3.49. The first kappa shape index (κ1) is 20.8. The molecule has 1 aliphatic rings. The van der Waals surface area contributed by atoms with Gasteiger partial charge in [-0.05, 0) is 64.0 Å². The minimum absolute atomic E-state index is 0.0936. The van der Waals surface area contributed by atoms with Gasteiger partial charge in [0.25, 0.3) is 0 Å². The van der Waals surface area contributed by atoms with Crippen LogP contribution in [0.3, 0.4) is 0 Å². The molecule has 0 bridgehead atoms. The largest absolute Gasteiger partial charge is 0.493 e. The Morgan fingerprint density at radius 3 is 2.81 bits per heavy atom. The standard InChI is InChI=1S/C19H29ClN2O4/c1-4-26-19-16(20)10-14(11-17(19)25-3)12-22-8-5-6-15(7-9-22)21(2)13-18(23)24/h10-11,15H,4-9,12-13H2,1-3H3,(H,23,24). The van der Waals surface area contributed by atoms with Crippen molar-refractivity contribution in [2.45, 2.75) is 38.8 Å². The molecule has 1 aliphatic heterocycles. The molecule has 26 heavy (non-hydrogen) atoms. The number of rotatable bonds is 8. The van der Waals surface area contributed by atoms with E-state index in [0.29, 0.717) is 29.2 Å². The van der Waals surface area contributed by atoms with Crippen LogP contribution in [-0.4, -0.2) is 67.3 Å². The highest BCUT2D eigenvalue weighted by Gasteiger charge is 2.22. The summed E-state index contributed by atoms with van der Waals surface area (Å²) >= 11 is 6.37. The summed E-state index contributed by atoms with van der Waals surface area (Å²) in [6, 6.07) is 4.23. The fourth-order valence-corrected chi connectivity index (χ4v) is 3.77. The number of carboxylic acid groups (broad SMARTS) is 1. The maximum atomic E-state index is 10.9. The Bertz CT molecular complexity index is 611. The fraction of sp³-hybridized carbons (Fsp3) is 0.632. The van der Waals surface area contributed by atoms with Gasteiger partial charge < -0.3 is 14.6 Å². The van der Waals surface area contributed by atoms with Crippen molar-refractivity contribution in [2.24, 2.45) is 0 Å². The number of halogens is 1. The van der Waals surface area contributed by atoms with Gasteiger partial charge >= 0.3 is 5.97 Å². The molecule has 1 saturated heterocycles. The molecule has 1 unspecified atom stereocenters. The van der Waals surface area contributed by atoms with Crippen molar-refractivity contribution in [3.8, 4) is 11.5 Å². The van der Waals surface area contributed by atoms with E-state index in [2.05, 4.69) is 4.90 Å². The molecule has 0 saturated carbocycles. The van der Waals surface area contributed by atoms with Gasteiger partial charge in [-0.15, -0.1) is 0 Å². The van der Waals surface area contributed by atoms with Crippen molar-refractivity contribution < 1.29 is 19.4 Å². The number of hydrogen-bond donors (Lipinski definition) is 1. The maximum Gasteiger partial charge on any atom is 0.317 e. The molecule has 1 N–H and O–H groups in total. The summed E-state index contributed by atoms with van der Waals surface area (Å²) in [5.74, 6) is 0.472. The normalized spacial score (nSPS) is 18.6. The number of likely N-dealkylation sites (N-methyl/N-ethyl adjacent to an activating group) is 1.